The lowest BCUT2D eigenvalue weighted by atomic mass is 10.1. The fraction of sp³-hybridized carbons (Fsp3) is 0.909. The standard InChI is InChI=1S/C11H22N2OS/c1-8(10-4-5-10)6-12-11(15)13-9(2)7-14-3/h8-10H,4-7H2,1-3H3,(H2,12,13,15). The van der Waals surface area contributed by atoms with Gasteiger partial charge in [-0.15, -0.1) is 0 Å². The molecule has 0 heterocycles. The second-order valence-electron chi connectivity index (χ2n) is 4.53. The van der Waals surface area contributed by atoms with Crippen molar-refractivity contribution < 1.29 is 4.74 Å². The van der Waals surface area contributed by atoms with Crippen LogP contribution in [0.2, 0.25) is 0 Å². The number of hydrogen-bond acceptors (Lipinski definition) is 2. The van der Waals surface area contributed by atoms with Crippen molar-refractivity contribution >= 4 is 17.3 Å². The maximum Gasteiger partial charge on any atom is 0.166 e. The molecule has 1 aliphatic carbocycles. The Labute approximate surface area is 98.0 Å². The van der Waals surface area contributed by atoms with Crippen molar-refractivity contribution in [1.82, 2.24) is 10.6 Å². The Bertz CT molecular complexity index is 207. The first kappa shape index (κ1) is 12.7. The summed E-state index contributed by atoms with van der Waals surface area (Å²) in [6.45, 7) is 6.00. The van der Waals surface area contributed by atoms with Gasteiger partial charge in [-0.3, -0.25) is 0 Å². The van der Waals surface area contributed by atoms with E-state index >= 15 is 0 Å². The molecule has 1 fully saturated rings. The molecule has 0 aliphatic heterocycles. The Hall–Kier alpha value is -0.350. The van der Waals surface area contributed by atoms with Crippen LogP contribution in [0.3, 0.4) is 0 Å². The van der Waals surface area contributed by atoms with Crippen LogP contribution in [0.1, 0.15) is 26.7 Å². The van der Waals surface area contributed by atoms with Gasteiger partial charge in [0, 0.05) is 19.7 Å². The van der Waals surface area contributed by atoms with E-state index in [0.717, 1.165) is 23.5 Å². The van der Waals surface area contributed by atoms with Crippen LogP contribution in [0.25, 0.3) is 0 Å². The summed E-state index contributed by atoms with van der Waals surface area (Å²) in [5.74, 6) is 1.67. The van der Waals surface area contributed by atoms with Crippen LogP contribution in [-0.4, -0.2) is 31.4 Å². The van der Waals surface area contributed by atoms with Gasteiger partial charge in [-0.25, -0.2) is 0 Å². The molecular weight excluding hydrogens is 208 g/mol. The summed E-state index contributed by atoms with van der Waals surface area (Å²) in [7, 11) is 1.70. The molecule has 2 unspecified atom stereocenters. The van der Waals surface area contributed by atoms with Crippen LogP contribution in [0.4, 0.5) is 0 Å². The fourth-order valence-corrected chi connectivity index (χ4v) is 1.94. The minimum atomic E-state index is 0.270. The summed E-state index contributed by atoms with van der Waals surface area (Å²) in [4.78, 5) is 0. The first-order valence-corrected chi connectivity index (χ1v) is 6.07. The van der Waals surface area contributed by atoms with E-state index in [4.69, 9.17) is 17.0 Å². The Morgan fingerprint density at radius 3 is 2.67 bits per heavy atom. The van der Waals surface area contributed by atoms with Gasteiger partial charge in [-0.2, -0.15) is 0 Å². The Morgan fingerprint density at radius 1 is 1.47 bits per heavy atom. The van der Waals surface area contributed by atoms with Gasteiger partial charge in [-0.05, 0) is 43.8 Å². The van der Waals surface area contributed by atoms with Crippen molar-refractivity contribution in [2.75, 3.05) is 20.3 Å². The quantitative estimate of drug-likeness (QED) is 0.678. The lowest BCUT2D eigenvalue weighted by Crippen LogP contribution is -2.43. The van der Waals surface area contributed by atoms with Crippen molar-refractivity contribution in [2.45, 2.75) is 32.7 Å². The molecule has 0 aromatic rings. The van der Waals surface area contributed by atoms with Gasteiger partial charge in [0.05, 0.1) is 6.61 Å². The molecule has 1 aliphatic rings. The molecule has 0 aromatic heterocycles. The molecule has 0 radical (unpaired) electrons. The van der Waals surface area contributed by atoms with E-state index < -0.39 is 0 Å². The first-order chi connectivity index (χ1) is 7.13. The average Bonchev–Trinajstić information content (AvgIpc) is 2.97. The molecular formula is C11H22N2OS. The number of methoxy groups -OCH3 is 1. The van der Waals surface area contributed by atoms with Crippen molar-refractivity contribution in [3.8, 4) is 0 Å². The highest BCUT2D eigenvalue weighted by Gasteiger charge is 2.27. The summed E-state index contributed by atoms with van der Waals surface area (Å²) >= 11 is 5.19. The zero-order valence-electron chi connectivity index (χ0n) is 9.88. The van der Waals surface area contributed by atoms with Gasteiger partial charge < -0.3 is 15.4 Å². The molecule has 0 amide bonds. The van der Waals surface area contributed by atoms with Gasteiger partial charge in [0.1, 0.15) is 0 Å². The van der Waals surface area contributed by atoms with E-state index in [1.807, 2.05) is 0 Å². The predicted octanol–water partition coefficient (Wildman–Crippen LogP) is 1.53. The lowest BCUT2D eigenvalue weighted by molar-refractivity contribution is 0.179. The highest BCUT2D eigenvalue weighted by molar-refractivity contribution is 7.80. The third kappa shape index (κ3) is 5.33. The van der Waals surface area contributed by atoms with E-state index in [1.165, 1.54) is 12.8 Å². The summed E-state index contributed by atoms with van der Waals surface area (Å²) < 4.78 is 5.03. The third-order valence-electron chi connectivity index (χ3n) is 2.81. The minimum absolute atomic E-state index is 0.270. The Morgan fingerprint density at radius 2 is 2.13 bits per heavy atom. The first-order valence-electron chi connectivity index (χ1n) is 5.66. The molecule has 0 aromatic carbocycles. The van der Waals surface area contributed by atoms with Gasteiger partial charge >= 0.3 is 0 Å². The van der Waals surface area contributed by atoms with E-state index in [2.05, 4.69) is 24.5 Å². The lowest BCUT2D eigenvalue weighted by Gasteiger charge is -2.18. The predicted molar refractivity (Wildman–Crippen MR) is 67.0 cm³/mol. The maximum atomic E-state index is 5.19. The number of thiocarbonyl (C=S) groups is 1. The van der Waals surface area contributed by atoms with E-state index in [1.54, 1.807) is 7.11 Å². The van der Waals surface area contributed by atoms with E-state index in [9.17, 15) is 0 Å². The zero-order valence-corrected chi connectivity index (χ0v) is 10.7. The van der Waals surface area contributed by atoms with Gasteiger partial charge in [0.15, 0.2) is 5.11 Å². The number of rotatable bonds is 6. The summed E-state index contributed by atoms with van der Waals surface area (Å²) in [5.41, 5.74) is 0. The molecule has 0 bridgehead atoms. The summed E-state index contributed by atoms with van der Waals surface area (Å²) in [6, 6.07) is 0.270. The van der Waals surface area contributed by atoms with Crippen molar-refractivity contribution in [3.63, 3.8) is 0 Å². The van der Waals surface area contributed by atoms with Crippen LogP contribution in [-0.2, 0) is 4.74 Å². The smallest absolute Gasteiger partial charge is 0.166 e. The van der Waals surface area contributed by atoms with Gasteiger partial charge in [-0.1, -0.05) is 6.92 Å². The fourth-order valence-electron chi connectivity index (χ4n) is 1.65. The largest absolute Gasteiger partial charge is 0.383 e. The molecule has 3 nitrogen and oxygen atoms in total. The van der Waals surface area contributed by atoms with Crippen molar-refractivity contribution in [3.05, 3.63) is 0 Å². The van der Waals surface area contributed by atoms with Crippen LogP contribution in [0, 0.1) is 11.8 Å². The molecule has 88 valence electrons. The second kappa shape index (κ2) is 6.28. The molecule has 4 heteroatoms. The molecule has 15 heavy (non-hydrogen) atoms. The zero-order chi connectivity index (χ0) is 11.3. The van der Waals surface area contributed by atoms with Crippen LogP contribution >= 0.6 is 12.2 Å². The van der Waals surface area contributed by atoms with Crippen molar-refractivity contribution in [1.29, 1.82) is 0 Å². The number of nitrogens with one attached hydrogen (secondary N) is 2. The highest BCUT2D eigenvalue weighted by Crippen LogP contribution is 2.35. The summed E-state index contributed by atoms with van der Waals surface area (Å²) in [5, 5.41) is 7.19. The second-order valence-corrected chi connectivity index (χ2v) is 4.93. The van der Waals surface area contributed by atoms with Crippen molar-refractivity contribution in [2.24, 2.45) is 11.8 Å². The minimum Gasteiger partial charge on any atom is -0.383 e. The van der Waals surface area contributed by atoms with Crippen LogP contribution in [0.15, 0.2) is 0 Å². The van der Waals surface area contributed by atoms with E-state index in [-0.39, 0.29) is 6.04 Å². The van der Waals surface area contributed by atoms with Gasteiger partial charge in [0.25, 0.3) is 0 Å². The number of hydrogen-bond donors (Lipinski definition) is 2. The van der Waals surface area contributed by atoms with Crippen LogP contribution < -0.4 is 10.6 Å². The van der Waals surface area contributed by atoms with Crippen LogP contribution in [0.5, 0.6) is 0 Å². The Balaban J connectivity index is 2.06. The summed E-state index contributed by atoms with van der Waals surface area (Å²) in [6.07, 6.45) is 2.78. The van der Waals surface area contributed by atoms with E-state index in [0.29, 0.717) is 6.61 Å². The normalized spacial score (nSPS) is 19.4. The maximum absolute atomic E-state index is 5.19. The molecule has 2 atom stereocenters. The molecule has 2 N–H and O–H groups in total. The molecule has 1 rings (SSSR count). The third-order valence-corrected chi connectivity index (χ3v) is 3.07. The Kier molecular flexibility index (Phi) is 5.32. The highest BCUT2D eigenvalue weighted by atomic mass is 32.1. The monoisotopic (exact) mass is 230 g/mol. The number of ether oxygens (including phenoxy) is 1. The molecule has 1 saturated carbocycles. The topological polar surface area (TPSA) is 33.3 Å². The molecule has 0 spiro atoms. The molecule has 0 saturated heterocycles. The average molecular weight is 230 g/mol. The van der Waals surface area contributed by atoms with Gasteiger partial charge in [0.2, 0.25) is 0 Å². The SMILES string of the molecule is COCC(C)NC(=S)NCC(C)C1CC1.